The minimum Gasteiger partial charge on any atom is -0.493 e. The van der Waals surface area contributed by atoms with Crippen LogP contribution in [-0.4, -0.2) is 26.7 Å². The van der Waals surface area contributed by atoms with E-state index in [1.807, 2.05) is 36.4 Å². The zero-order valence-corrected chi connectivity index (χ0v) is 16.8. The van der Waals surface area contributed by atoms with Gasteiger partial charge in [-0.3, -0.25) is 0 Å². The first-order valence-corrected chi connectivity index (χ1v) is 9.55. The van der Waals surface area contributed by atoms with E-state index in [0.717, 1.165) is 43.7 Å². The lowest BCUT2D eigenvalue weighted by atomic mass is 10.2. The fraction of sp³-hybridized carbons (Fsp3) is 0.400. The van der Waals surface area contributed by atoms with Crippen molar-refractivity contribution >= 4 is 23.2 Å². The van der Waals surface area contributed by atoms with Crippen LogP contribution in [-0.2, 0) is 13.2 Å². The van der Waals surface area contributed by atoms with Crippen LogP contribution in [0.25, 0.3) is 0 Å². The number of nitrogens with one attached hydrogen (secondary N) is 2. The van der Waals surface area contributed by atoms with E-state index >= 15 is 0 Å². The molecule has 0 aliphatic carbocycles. The van der Waals surface area contributed by atoms with E-state index in [4.69, 9.17) is 32.7 Å². The van der Waals surface area contributed by atoms with Crippen LogP contribution in [0.3, 0.4) is 0 Å². The maximum absolute atomic E-state index is 6.42. The highest BCUT2D eigenvalue weighted by atomic mass is 35.5. The molecule has 0 unspecified atom stereocenters. The summed E-state index contributed by atoms with van der Waals surface area (Å²) in [5, 5.41) is 7.91. The van der Waals surface area contributed by atoms with Gasteiger partial charge in [0, 0.05) is 17.1 Å². The molecule has 0 amide bonds. The van der Waals surface area contributed by atoms with Gasteiger partial charge in [0.15, 0.2) is 11.5 Å². The second-order valence-electron chi connectivity index (χ2n) is 5.87. The first-order chi connectivity index (χ1) is 12.7. The quantitative estimate of drug-likeness (QED) is 0.541. The minimum absolute atomic E-state index is 0.331. The van der Waals surface area contributed by atoms with Crippen LogP contribution >= 0.6 is 23.2 Å². The van der Waals surface area contributed by atoms with Crippen molar-refractivity contribution in [1.29, 1.82) is 0 Å². The molecule has 2 aromatic rings. The molecule has 0 aliphatic rings. The number of halogens is 2. The van der Waals surface area contributed by atoms with Crippen molar-refractivity contribution in [3.05, 3.63) is 57.6 Å². The van der Waals surface area contributed by atoms with Gasteiger partial charge in [-0.05, 0) is 49.8 Å². The van der Waals surface area contributed by atoms with Crippen molar-refractivity contribution in [3.8, 4) is 11.5 Å². The van der Waals surface area contributed by atoms with Gasteiger partial charge < -0.3 is 20.1 Å². The molecular weight excluding hydrogens is 371 g/mol. The van der Waals surface area contributed by atoms with Crippen molar-refractivity contribution in [2.75, 3.05) is 26.7 Å². The molecule has 2 N–H and O–H groups in total. The molecule has 0 fully saturated rings. The van der Waals surface area contributed by atoms with Crippen LogP contribution in [0.2, 0.25) is 10.0 Å². The summed E-state index contributed by atoms with van der Waals surface area (Å²) in [6.45, 7) is 6.13. The van der Waals surface area contributed by atoms with Crippen LogP contribution in [0.15, 0.2) is 36.4 Å². The molecule has 0 saturated carbocycles. The van der Waals surface area contributed by atoms with Gasteiger partial charge in [-0.15, -0.1) is 0 Å². The van der Waals surface area contributed by atoms with Crippen LogP contribution < -0.4 is 20.1 Å². The van der Waals surface area contributed by atoms with E-state index in [2.05, 4.69) is 17.6 Å². The van der Waals surface area contributed by atoms with E-state index in [1.54, 1.807) is 7.11 Å². The molecule has 4 nitrogen and oxygen atoms in total. The molecule has 0 radical (unpaired) electrons. The summed E-state index contributed by atoms with van der Waals surface area (Å²) in [4.78, 5) is 0. The Morgan fingerprint density at radius 1 is 1.00 bits per heavy atom. The van der Waals surface area contributed by atoms with Crippen molar-refractivity contribution in [2.24, 2.45) is 0 Å². The summed E-state index contributed by atoms with van der Waals surface area (Å²) >= 11 is 12.6. The Bertz CT molecular complexity index is 696. The lowest BCUT2D eigenvalue weighted by Crippen LogP contribution is -2.21. The Balaban J connectivity index is 1.96. The van der Waals surface area contributed by atoms with Crippen molar-refractivity contribution in [2.45, 2.75) is 26.5 Å². The number of benzene rings is 2. The second-order valence-corrected chi connectivity index (χ2v) is 6.69. The predicted octanol–water partition coefficient (Wildman–Crippen LogP) is 4.67. The molecule has 0 heterocycles. The zero-order chi connectivity index (χ0) is 18.8. The lowest BCUT2D eigenvalue weighted by Gasteiger charge is -2.15. The zero-order valence-electron chi connectivity index (χ0n) is 15.3. The van der Waals surface area contributed by atoms with Gasteiger partial charge in [0.2, 0.25) is 0 Å². The van der Waals surface area contributed by atoms with Crippen LogP contribution in [0, 0.1) is 0 Å². The van der Waals surface area contributed by atoms with Gasteiger partial charge in [-0.1, -0.05) is 48.3 Å². The van der Waals surface area contributed by atoms with Gasteiger partial charge in [-0.25, -0.2) is 0 Å². The predicted molar refractivity (Wildman–Crippen MR) is 109 cm³/mol. The van der Waals surface area contributed by atoms with E-state index in [1.165, 1.54) is 0 Å². The fourth-order valence-electron chi connectivity index (χ4n) is 2.53. The molecule has 2 aromatic carbocycles. The normalized spacial score (nSPS) is 10.8. The first-order valence-electron chi connectivity index (χ1n) is 8.79. The standard InChI is InChI=1S/C20H26Cl2N2O2/c1-3-23-9-6-10-24-13-15-11-18(22)20(19(12-15)25-2)26-14-16-7-4-5-8-17(16)21/h4-5,7-8,11-12,23-24H,3,6,9-10,13-14H2,1-2H3. The highest BCUT2D eigenvalue weighted by Gasteiger charge is 2.13. The average molecular weight is 397 g/mol. The average Bonchev–Trinajstić information content (AvgIpc) is 2.64. The molecule has 0 atom stereocenters. The van der Waals surface area contributed by atoms with E-state index in [9.17, 15) is 0 Å². The lowest BCUT2D eigenvalue weighted by molar-refractivity contribution is 0.284. The third kappa shape index (κ3) is 6.36. The van der Waals surface area contributed by atoms with Crippen molar-refractivity contribution < 1.29 is 9.47 Å². The monoisotopic (exact) mass is 396 g/mol. The Morgan fingerprint density at radius 2 is 1.77 bits per heavy atom. The van der Waals surface area contributed by atoms with Crippen molar-refractivity contribution in [1.82, 2.24) is 10.6 Å². The molecule has 0 aromatic heterocycles. The fourth-order valence-corrected chi connectivity index (χ4v) is 3.01. The number of hydrogen-bond acceptors (Lipinski definition) is 4. The van der Waals surface area contributed by atoms with Gasteiger partial charge >= 0.3 is 0 Å². The molecule has 2 rings (SSSR count). The Labute approximate surface area is 165 Å². The molecule has 142 valence electrons. The number of ether oxygens (including phenoxy) is 2. The SMILES string of the molecule is CCNCCCNCc1cc(Cl)c(OCc2ccccc2Cl)c(OC)c1. The number of rotatable bonds is 11. The molecule has 6 heteroatoms. The van der Waals surface area contributed by atoms with E-state index in [-0.39, 0.29) is 0 Å². The van der Waals surface area contributed by atoms with Crippen LogP contribution in [0.5, 0.6) is 11.5 Å². The van der Waals surface area contributed by atoms with Crippen LogP contribution in [0.1, 0.15) is 24.5 Å². The highest BCUT2D eigenvalue weighted by molar-refractivity contribution is 6.32. The third-order valence-corrected chi connectivity index (χ3v) is 4.55. The topological polar surface area (TPSA) is 42.5 Å². The number of methoxy groups -OCH3 is 1. The van der Waals surface area contributed by atoms with Gasteiger partial charge in [-0.2, -0.15) is 0 Å². The maximum Gasteiger partial charge on any atom is 0.180 e. The number of hydrogen-bond donors (Lipinski definition) is 2. The molecule has 0 aliphatic heterocycles. The maximum atomic E-state index is 6.42. The highest BCUT2D eigenvalue weighted by Crippen LogP contribution is 2.37. The third-order valence-electron chi connectivity index (χ3n) is 3.91. The largest absolute Gasteiger partial charge is 0.493 e. The molecule has 0 saturated heterocycles. The summed E-state index contributed by atoms with van der Waals surface area (Å²) in [6, 6.07) is 11.4. The smallest absolute Gasteiger partial charge is 0.180 e. The molecule has 0 spiro atoms. The summed E-state index contributed by atoms with van der Waals surface area (Å²) in [6.07, 6.45) is 1.08. The molecule has 26 heavy (non-hydrogen) atoms. The summed E-state index contributed by atoms with van der Waals surface area (Å²) in [7, 11) is 1.61. The van der Waals surface area contributed by atoms with Gasteiger partial charge in [0.05, 0.1) is 12.1 Å². The summed E-state index contributed by atoms with van der Waals surface area (Å²) < 4.78 is 11.3. The molecule has 0 bridgehead atoms. The molecular formula is C20H26Cl2N2O2. The van der Waals surface area contributed by atoms with Gasteiger partial charge in [0.25, 0.3) is 0 Å². The Kier molecular flexibility index (Phi) is 9.06. The van der Waals surface area contributed by atoms with Gasteiger partial charge in [0.1, 0.15) is 6.61 Å². The second kappa shape index (κ2) is 11.3. The van der Waals surface area contributed by atoms with E-state index < -0.39 is 0 Å². The van der Waals surface area contributed by atoms with Crippen molar-refractivity contribution in [3.63, 3.8) is 0 Å². The Morgan fingerprint density at radius 3 is 2.50 bits per heavy atom. The Hall–Kier alpha value is -1.46. The minimum atomic E-state index is 0.331. The first kappa shape index (κ1) is 20.8. The van der Waals surface area contributed by atoms with E-state index in [0.29, 0.717) is 28.2 Å². The van der Waals surface area contributed by atoms with Crippen LogP contribution in [0.4, 0.5) is 0 Å². The summed E-state index contributed by atoms with van der Waals surface area (Å²) in [5.74, 6) is 1.15. The summed E-state index contributed by atoms with van der Waals surface area (Å²) in [5.41, 5.74) is 1.96.